The Bertz CT molecular complexity index is 569. The Morgan fingerprint density at radius 1 is 1.28 bits per heavy atom. The van der Waals surface area contributed by atoms with Gasteiger partial charge < -0.3 is 0 Å². The summed E-state index contributed by atoms with van der Waals surface area (Å²) in [4.78, 5) is 7.79. The molecule has 1 N–H and O–H groups in total. The van der Waals surface area contributed by atoms with Crippen LogP contribution in [0.5, 0.6) is 0 Å². The molecule has 0 unspecified atom stereocenters. The molecule has 0 saturated heterocycles. The van der Waals surface area contributed by atoms with Gasteiger partial charge in [-0.25, -0.2) is 9.97 Å². The van der Waals surface area contributed by atoms with Crippen molar-refractivity contribution >= 4 is 39.1 Å². The van der Waals surface area contributed by atoms with E-state index in [1.165, 1.54) is 6.33 Å². The Kier molecular flexibility index (Phi) is 4.28. The molecule has 0 aliphatic carbocycles. The summed E-state index contributed by atoms with van der Waals surface area (Å²) >= 11 is 9.14. The molecule has 1 aromatic heterocycles. The van der Waals surface area contributed by atoms with E-state index in [4.69, 9.17) is 11.6 Å². The molecule has 0 amide bonds. The zero-order chi connectivity index (χ0) is 13.0. The topological polar surface area (TPSA) is 50.2 Å². The molecule has 6 heteroatoms. The van der Waals surface area contributed by atoms with Crippen LogP contribution in [0.15, 0.2) is 46.2 Å². The average Bonchev–Trinajstić information content (AvgIpc) is 2.37. The zero-order valence-electron chi connectivity index (χ0n) is 9.56. The highest BCUT2D eigenvalue weighted by molar-refractivity contribution is 9.10. The first-order valence-corrected chi connectivity index (χ1v) is 6.36. The molecule has 2 rings (SSSR count). The molecule has 0 radical (unpaired) electrons. The molecule has 0 spiro atoms. The van der Waals surface area contributed by atoms with E-state index in [9.17, 15) is 0 Å². The number of nitrogens with one attached hydrogen (secondary N) is 1. The van der Waals surface area contributed by atoms with Gasteiger partial charge in [0.05, 0.1) is 5.71 Å². The first kappa shape index (κ1) is 13.0. The molecular formula is C12H10BrClN4. The summed E-state index contributed by atoms with van der Waals surface area (Å²) in [5.74, 6) is 0.562. The molecule has 2 aromatic rings. The smallest absolute Gasteiger partial charge is 0.151 e. The molecule has 4 nitrogen and oxygen atoms in total. The number of hydrogen-bond donors (Lipinski definition) is 1. The molecule has 0 aliphatic rings. The van der Waals surface area contributed by atoms with Crippen molar-refractivity contribution in [1.29, 1.82) is 0 Å². The number of aromatic nitrogens is 2. The largest absolute Gasteiger partial charge is 0.261 e. The van der Waals surface area contributed by atoms with Crippen LogP contribution in [-0.4, -0.2) is 15.7 Å². The molecule has 1 aromatic carbocycles. The second-order valence-electron chi connectivity index (χ2n) is 3.54. The van der Waals surface area contributed by atoms with Crippen LogP contribution < -0.4 is 5.43 Å². The van der Waals surface area contributed by atoms with Crippen LogP contribution in [0.2, 0.25) is 5.15 Å². The van der Waals surface area contributed by atoms with Crippen molar-refractivity contribution < 1.29 is 0 Å². The molecule has 0 saturated carbocycles. The number of rotatable bonds is 3. The van der Waals surface area contributed by atoms with Crippen LogP contribution in [0.25, 0.3) is 0 Å². The first-order chi connectivity index (χ1) is 8.65. The van der Waals surface area contributed by atoms with Crippen molar-refractivity contribution in [1.82, 2.24) is 9.97 Å². The van der Waals surface area contributed by atoms with E-state index in [0.717, 1.165) is 15.7 Å². The highest BCUT2D eigenvalue weighted by atomic mass is 79.9. The van der Waals surface area contributed by atoms with Crippen molar-refractivity contribution in [2.24, 2.45) is 5.10 Å². The molecule has 1 heterocycles. The van der Waals surface area contributed by atoms with Gasteiger partial charge in [-0.3, -0.25) is 5.43 Å². The van der Waals surface area contributed by atoms with Crippen molar-refractivity contribution in [3.05, 3.63) is 51.8 Å². The van der Waals surface area contributed by atoms with E-state index >= 15 is 0 Å². The third kappa shape index (κ3) is 3.51. The molecular weight excluding hydrogens is 316 g/mol. The summed E-state index contributed by atoms with van der Waals surface area (Å²) in [6, 6.07) is 9.51. The highest BCUT2D eigenvalue weighted by Crippen LogP contribution is 2.12. The van der Waals surface area contributed by atoms with Crippen LogP contribution in [0.4, 0.5) is 5.82 Å². The summed E-state index contributed by atoms with van der Waals surface area (Å²) in [6.45, 7) is 1.92. The fourth-order valence-electron chi connectivity index (χ4n) is 1.29. The highest BCUT2D eigenvalue weighted by Gasteiger charge is 1.98. The van der Waals surface area contributed by atoms with Gasteiger partial charge in [-0.1, -0.05) is 39.7 Å². The minimum atomic E-state index is 0.379. The molecule has 0 fully saturated rings. The Balaban J connectivity index is 2.11. The van der Waals surface area contributed by atoms with Gasteiger partial charge in [-0.05, 0) is 24.6 Å². The monoisotopic (exact) mass is 324 g/mol. The van der Waals surface area contributed by atoms with Gasteiger partial charge >= 0.3 is 0 Å². The number of benzene rings is 1. The van der Waals surface area contributed by atoms with E-state index < -0.39 is 0 Å². The van der Waals surface area contributed by atoms with Crippen molar-refractivity contribution in [3.8, 4) is 0 Å². The lowest BCUT2D eigenvalue weighted by molar-refractivity contribution is 1.14. The van der Waals surface area contributed by atoms with Crippen LogP contribution in [0.1, 0.15) is 12.5 Å². The van der Waals surface area contributed by atoms with Gasteiger partial charge in [0.1, 0.15) is 11.5 Å². The van der Waals surface area contributed by atoms with E-state index in [0.29, 0.717) is 11.0 Å². The number of anilines is 1. The van der Waals surface area contributed by atoms with Crippen LogP contribution >= 0.6 is 27.5 Å². The third-order valence-electron chi connectivity index (χ3n) is 2.23. The number of hydrogen-bond acceptors (Lipinski definition) is 4. The summed E-state index contributed by atoms with van der Waals surface area (Å²) in [5.41, 5.74) is 4.73. The van der Waals surface area contributed by atoms with E-state index in [-0.39, 0.29) is 0 Å². The van der Waals surface area contributed by atoms with Crippen molar-refractivity contribution in [3.63, 3.8) is 0 Å². The quantitative estimate of drug-likeness (QED) is 0.531. The third-order valence-corrected chi connectivity index (χ3v) is 2.97. The average molecular weight is 326 g/mol. The standard InChI is InChI=1S/C12H10BrClN4/c1-8(9-2-4-10(13)5-3-9)17-18-12-6-11(14)15-7-16-12/h2-7H,1H3,(H,15,16,18)/b17-8+. The number of nitrogens with zero attached hydrogens (tertiary/aromatic N) is 3. The lowest BCUT2D eigenvalue weighted by Crippen LogP contribution is -2.00. The lowest BCUT2D eigenvalue weighted by Gasteiger charge is -2.03. The molecule has 92 valence electrons. The van der Waals surface area contributed by atoms with Gasteiger partial charge in [0, 0.05) is 10.5 Å². The van der Waals surface area contributed by atoms with Gasteiger partial charge in [0.2, 0.25) is 0 Å². The fourth-order valence-corrected chi connectivity index (χ4v) is 1.70. The van der Waals surface area contributed by atoms with E-state index in [2.05, 4.69) is 36.4 Å². The SMILES string of the molecule is C/C(=N\Nc1cc(Cl)ncn1)c1ccc(Br)cc1. The minimum absolute atomic E-state index is 0.379. The molecule has 0 atom stereocenters. The Labute approximate surface area is 118 Å². The second-order valence-corrected chi connectivity index (χ2v) is 4.84. The predicted octanol–water partition coefficient (Wildman–Crippen LogP) is 3.73. The summed E-state index contributed by atoms with van der Waals surface area (Å²) in [5, 5.41) is 4.62. The van der Waals surface area contributed by atoms with Gasteiger partial charge in [-0.15, -0.1) is 0 Å². The Morgan fingerprint density at radius 2 is 2.00 bits per heavy atom. The van der Waals surface area contributed by atoms with E-state index in [1.807, 2.05) is 31.2 Å². The van der Waals surface area contributed by atoms with Crippen LogP contribution in [0.3, 0.4) is 0 Å². The Hall–Kier alpha value is -1.46. The van der Waals surface area contributed by atoms with Gasteiger partial charge in [0.15, 0.2) is 5.82 Å². The normalized spacial score (nSPS) is 11.4. The molecule has 18 heavy (non-hydrogen) atoms. The van der Waals surface area contributed by atoms with Crippen molar-refractivity contribution in [2.45, 2.75) is 6.92 Å². The van der Waals surface area contributed by atoms with Crippen molar-refractivity contribution in [2.75, 3.05) is 5.43 Å². The zero-order valence-corrected chi connectivity index (χ0v) is 11.9. The lowest BCUT2D eigenvalue weighted by atomic mass is 10.1. The fraction of sp³-hybridized carbons (Fsp3) is 0.0833. The van der Waals surface area contributed by atoms with Crippen LogP contribution in [0, 0.1) is 0 Å². The van der Waals surface area contributed by atoms with Crippen LogP contribution in [-0.2, 0) is 0 Å². The van der Waals surface area contributed by atoms with E-state index in [1.54, 1.807) is 6.07 Å². The predicted molar refractivity (Wildman–Crippen MR) is 77.0 cm³/mol. The summed E-state index contributed by atoms with van der Waals surface area (Å²) in [6.07, 6.45) is 1.38. The maximum Gasteiger partial charge on any atom is 0.151 e. The minimum Gasteiger partial charge on any atom is -0.261 e. The van der Waals surface area contributed by atoms with Gasteiger partial charge in [0.25, 0.3) is 0 Å². The number of hydrazone groups is 1. The second kappa shape index (κ2) is 5.93. The summed E-state index contributed by atoms with van der Waals surface area (Å²) < 4.78 is 1.04. The number of halogens is 2. The maximum atomic E-state index is 5.75. The molecule has 0 bridgehead atoms. The maximum absolute atomic E-state index is 5.75. The first-order valence-electron chi connectivity index (χ1n) is 5.19. The van der Waals surface area contributed by atoms with Gasteiger partial charge in [-0.2, -0.15) is 5.10 Å². The Morgan fingerprint density at radius 3 is 2.67 bits per heavy atom. The molecule has 0 aliphatic heterocycles. The summed E-state index contributed by atoms with van der Waals surface area (Å²) in [7, 11) is 0.